The minimum absolute atomic E-state index is 0.0255. The highest BCUT2D eigenvalue weighted by Gasteiger charge is 2.17. The Kier molecular flexibility index (Phi) is 5.87. The molecule has 1 heterocycles. The van der Waals surface area contributed by atoms with Crippen LogP contribution < -0.4 is 10.0 Å². The summed E-state index contributed by atoms with van der Waals surface area (Å²) in [6.07, 6.45) is 1.60. The van der Waals surface area contributed by atoms with E-state index in [-0.39, 0.29) is 22.9 Å². The molecule has 3 aromatic rings. The third-order valence-corrected chi connectivity index (χ3v) is 5.69. The van der Waals surface area contributed by atoms with E-state index in [1.165, 1.54) is 12.1 Å². The number of pyridine rings is 1. The van der Waals surface area contributed by atoms with E-state index < -0.39 is 10.0 Å². The predicted molar refractivity (Wildman–Crippen MR) is 109 cm³/mol. The van der Waals surface area contributed by atoms with Gasteiger partial charge in [0.05, 0.1) is 17.1 Å². The Morgan fingerprint density at radius 1 is 0.964 bits per heavy atom. The quantitative estimate of drug-likeness (QED) is 0.669. The Balaban J connectivity index is 1.78. The molecule has 1 amide bonds. The Hall–Kier alpha value is -3.03. The number of benzene rings is 2. The van der Waals surface area contributed by atoms with Crippen LogP contribution in [-0.2, 0) is 16.6 Å². The lowest BCUT2D eigenvalue weighted by Gasteiger charge is -2.12. The summed E-state index contributed by atoms with van der Waals surface area (Å²) in [5.74, 6) is -0.362. The maximum Gasteiger partial charge on any atom is 0.255 e. The van der Waals surface area contributed by atoms with Crippen molar-refractivity contribution < 1.29 is 13.2 Å². The first-order valence-corrected chi connectivity index (χ1v) is 10.2. The average molecular weight is 395 g/mol. The molecule has 0 aliphatic heterocycles. The van der Waals surface area contributed by atoms with E-state index in [1.54, 1.807) is 36.5 Å². The van der Waals surface area contributed by atoms with Gasteiger partial charge in [0.25, 0.3) is 5.91 Å². The molecule has 0 saturated carbocycles. The lowest BCUT2D eigenvalue weighted by Crippen LogP contribution is -2.24. The minimum atomic E-state index is -3.77. The number of rotatable bonds is 6. The second-order valence-electron chi connectivity index (χ2n) is 6.39. The van der Waals surface area contributed by atoms with Crippen LogP contribution >= 0.6 is 0 Å². The van der Waals surface area contributed by atoms with E-state index in [9.17, 15) is 13.2 Å². The van der Waals surface area contributed by atoms with Gasteiger partial charge in [-0.25, -0.2) is 13.1 Å². The summed E-state index contributed by atoms with van der Waals surface area (Å²) in [7, 11) is -3.77. The molecule has 28 heavy (non-hydrogen) atoms. The van der Waals surface area contributed by atoms with Crippen LogP contribution in [0, 0.1) is 13.8 Å². The van der Waals surface area contributed by atoms with Crippen molar-refractivity contribution in [2.75, 3.05) is 5.32 Å². The van der Waals surface area contributed by atoms with Crippen molar-refractivity contribution in [2.24, 2.45) is 0 Å². The van der Waals surface area contributed by atoms with Crippen molar-refractivity contribution >= 4 is 21.6 Å². The van der Waals surface area contributed by atoms with Crippen LogP contribution in [0.2, 0.25) is 0 Å². The van der Waals surface area contributed by atoms with Gasteiger partial charge in [0.1, 0.15) is 0 Å². The van der Waals surface area contributed by atoms with Crippen molar-refractivity contribution in [3.8, 4) is 0 Å². The minimum Gasteiger partial charge on any atom is -0.322 e. The summed E-state index contributed by atoms with van der Waals surface area (Å²) in [5.41, 5.74) is 3.48. The summed E-state index contributed by atoms with van der Waals surface area (Å²) in [6, 6.07) is 17.0. The first-order valence-electron chi connectivity index (χ1n) is 8.74. The summed E-state index contributed by atoms with van der Waals surface area (Å²) < 4.78 is 27.7. The summed E-state index contributed by atoms with van der Waals surface area (Å²) in [4.78, 5) is 16.8. The van der Waals surface area contributed by atoms with Gasteiger partial charge in [-0.1, -0.05) is 30.3 Å². The van der Waals surface area contributed by atoms with Crippen molar-refractivity contribution in [3.05, 3.63) is 89.2 Å². The van der Waals surface area contributed by atoms with Crippen molar-refractivity contribution in [2.45, 2.75) is 25.3 Å². The smallest absolute Gasteiger partial charge is 0.255 e. The standard InChI is InChI=1S/C21H21N3O3S/c1-15-7-5-8-16(2)20(15)24-21(25)17-9-6-11-19(13-17)28(26,27)23-14-18-10-3-4-12-22-18/h3-13,23H,14H2,1-2H3,(H,24,25). The van der Waals surface area contributed by atoms with Crippen LogP contribution in [0.3, 0.4) is 0 Å². The third kappa shape index (κ3) is 4.62. The Labute approximate surface area is 164 Å². The largest absolute Gasteiger partial charge is 0.322 e. The van der Waals surface area contributed by atoms with E-state index in [2.05, 4.69) is 15.0 Å². The number of hydrogen-bond acceptors (Lipinski definition) is 4. The van der Waals surface area contributed by atoms with Crippen LogP contribution in [0.25, 0.3) is 0 Å². The van der Waals surface area contributed by atoms with Gasteiger partial charge in [-0.05, 0) is 55.3 Å². The molecule has 2 aromatic carbocycles. The number of aryl methyl sites for hydroxylation is 2. The fraction of sp³-hybridized carbons (Fsp3) is 0.143. The molecule has 0 fully saturated rings. The van der Waals surface area contributed by atoms with Gasteiger partial charge >= 0.3 is 0 Å². The van der Waals surface area contributed by atoms with Gasteiger partial charge in [-0.2, -0.15) is 0 Å². The van der Waals surface area contributed by atoms with E-state index in [0.29, 0.717) is 5.69 Å². The van der Waals surface area contributed by atoms with Gasteiger partial charge < -0.3 is 5.32 Å². The fourth-order valence-electron chi connectivity index (χ4n) is 2.76. The molecule has 0 radical (unpaired) electrons. The SMILES string of the molecule is Cc1cccc(C)c1NC(=O)c1cccc(S(=O)(=O)NCc2ccccn2)c1. The molecule has 0 aliphatic carbocycles. The van der Waals surface area contributed by atoms with Crippen LogP contribution in [-0.4, -0.2) is 19.3 Å². The highest BCUT2D eigenvalue weighted by atomic mass is 32.2. The highest BCUT2D eigenvalue weighted by molar-refractivity contribution is 7.89. The lowest BCUT2D eigenvalue weighted by atomic mass is 10.1. The number of para-hydroxylation sites is 1. The highest BCUT2D eigenvalue weighted by Crippen LogP contribution is 2.21. The zero-order valence-corrected chi connectivity index (χ0v) is 16.5. The molecule has 7 heteroatoms. The zero-order chi connectivity index (χ0) is 20.1. The maximum absolute atomic E-state index is 12.6. The second-order valence-corrected chi connectivity index (χ2v) is 8.16. The number of carbonyl (C=O) groups is 1. The molecular weight excluding hydrogens is 374 g/mol. The number of anilines is 1. The van der Waals surface area contributed by atoms with Crippen LogP contribution in [0.4, 0.5) is 5.69 Å². The number of nitrogens with one attached hydrogen (secondary N) is 2. The van der Waals surface area contributed by atoms with Crippen molar-refractivity contribution in [1.82, 2.24) is 9.71 Å². The molecule has 144 valence electrons. The number of carbonyl (C=O) groups excluding carboxylic acids is 1. The molecule has 6 nitrogen and oxygen atoms in total. The van der Waals surface area contributed by atoms with Gasteiger partial charge in [0.15, 0.2) is 0 Å². The van der Waals surface area contributed by atoms with Gasteiger partial charge in [0.2, 0.25) is 10.0 Å². The molecule has 0 atom stereocenters. The molecule has 1 aromatic heterocycles. The predicted octanol–water partition coefficient (Wildman–Crippen LogP) is 3.43. The van der Waals surface area contributed by atoms with Crippen molar-refractivity contribution in [1.29, 1.82) is 0 Å². The molecule has 3 rings (SSSR count). The normalized spacial score (nSPS) is 11.2. The van der Waals surface area contributed by atoms with Crippen LogP contribution in [0.15, 0.2) is 71.8 Å². The van der Waals surface area contributed by atoms with Crippen LogP contribution in [0.1, 0.15) is 27.2 Å². The third-order valence-electron chi connectivity index (χ3n) is 4.30. The number of aromatic nitrogens is 1. The Bertz CT molecular complexity index is 1080. The maximum atomic E-state index is 12.6. The van der Waals surface area contributed by atoms with E-state index >= 15 is 0 Å². The molecule has 0 bridgehead atoms. The Morgan fingerprint density at radius 3 is 2.36 bits per heavy atom. The number of hydrogen-bond donors (Lipinski definition) is 2. The fourth-order valence-corrected chi connectivity index (χ4v) is 3.80. The molecular formula is C21H21N3O3S. The first kappa shape index (κ1) is 19.7. The molecule has 0 unspecified atom stereocenters. The van der Waals surface area contributed by atoms with Gasteiger partial charge in [-0.15, -0.1) is 0 Å². The number of amides is 1. The second kappa shape index (κ2) is 8.33. The zero-order valence-electron chi connectivity index (χ0n) is 15.6. The molecule has 0 saturated heterocycles. The van der Waals surface area contributed by atoms with Crippen LogP contribution in [0.5, 0.6) is 0 Å². The van der Waals surface area contributed by atoms with E-state index in [0.717, 1.165) is 16.8 Å². The summed E-state index contributed by atoms with van der Waals surface area (Å²) in [5, 5.41) is 2.87. The molecule has 0 spiro atoms. The average Bonchev–Trinajstić information content (AvgIpc) is 2.70. The molecule has 0 aliphatic rings. The Morgan fingerprint density at radius 2 is 1.68 bits per heavy atom. The molecule has 2 N–H and O–H groups in total. The van der Waals surface area contributed by atoms with E-state index in [4.69, 9.17) is 0 Å². The van der Waals surface area contributed by atoms with Gasteiger partial charge in [-0.3, -0.25) is 9.78 Å². The summed E-state index contributed by atoms with van der Waals surface area (Å²) >= 11 is 0. The number of nitrogens with zero attached hydrogens (tertiary/aromatic N) is 1. The lowest BCUT2D eigenvalue weighted by molar-refractivity contribution is 0.102. The first-order chi connectivity index (χ1) is 13.4. The summed E-state index contributed by atoms with van der Waals surface area (Å²) in [6.45, 7) is 3.89. The topological polar surface area (TPSA) is 88.2 Å². The van der Waals surface area contributed by atoms with Crippen molar-refractivity contribution in [3.63, 3.8) is 0 Å². The van der Waals surface area contributed by atoms with E-state index in [1.807, 2.05) is 32.0 Å². The van der Waals surface area contributed by atoms with Gasteiger partial charge in [0, 0.05) is 17.4 Å². The number of sulfonamides is 1. The monoisotopic (exact) mass is 395 g/mol.